The molecule has 1 fully saturated rings. The minimum absolute atomic E-state index is 0.0872. The average molecular weight is 312 g/mol. The topological polar surface area (TPSA) is 63.1 Å². The van der Waals surface area contributed by atoms with E-state index in [1.165, 1.54) is 11.9 Å². The van der Waals surface area contributed by atoms with E-state index in [1.54, 1.807) is 0 Å². The maximum absolute atomic E-state index is 11.2. The zero-order valence-corrected chi connectivity index (χ0v) is 13.6. The predicted molar refractivity (Wildman–Crippen MR) is 84.8 cm³/mol. The molecule has 1 N–H and O–H groups in total. The van der Waals surface area contributed by atoms with Crippen LogP contribution < -0.4 is 0 Å². The van der Waals surface area contributed by atoms with Crippen molar-refractivity contribution in [3.8, 4) is 0 Å². The Balaban J connectivity index is 2.37. The molecule has 4 nitrogen and oxygen atoms in total. The number of aromatic nitrogens is 2. The average Bonchev–Trinajstić information content (AvgIpc) is 2.46. The van der Waals surface area contributed by atoms with Crippen LogP contribution in [0.4, 0.5) is 0 Å². The first kappa shape index (κ1) is 15.6. The minimum atomic E-state index is -0.946. The van der Waals surface area contributed by atoms with Gasteiger partial charge < -0.3 is 5.11 Å². The SMILES string of the molecule is CCC1SCCSC1c1ncc(C(=O)O)c(C(C)C)n1. The van der Waals surface area contributed by atoms with Crippen LogP contribution in [0.1, 0.15) is 60.2 Å². The van der Waals surface area contributed by atoms with E-state index >= 15 is 0 Å². The monoisotopic (exact) mass is 312 g/mol. The van der Waals surface area contributed by atoms with Gasteiger partial charge in [0.05, 0.1) is 16.5 Å². The Morgan fingerprint density at radius 2 is 2.15 bits per heavy atom. The molecule has 6 heteroatoms. The summed E-state index contributed by atoms with van der Waals surface area (Å²) < 4.78 is 0. The Kier molecular flexibility index (Phi) is 5.32. The van der Waals surface area contributed by atoms with Crippen LogP contribution in [-0.4, -0.2) is 37.8 Å². The molecule has 0 bridgehead atoms. The molecular formula is C14H20N2O2S2. The second kappa shape index (κ2) is 6.80. The maximum Gasteiger partial charge on any atom is 0.339 e. The third kappa shape index (κ3) is 3.28. The predicted octanol–water partition coefficient (Wildman–Crippen LogP) is 3.60. The molecule has 0 radical (unpaired) electrons. The van der Waals surface area contributed by atoms with Crippen LogP contribution in [0.5, 0.6) is 0 Å². The van der Waals surface area contributed by atoms with E-state index in [4.69, 9.17) is 0 Å². The summed E-state index contributed by atoms with van der Waals surface area (Å²) in [6.07, 6.45) is 2.57. The summed E-state index contributed by atoms with van der Waals surface area (Å²) in [4.78, 5) is 20.2. The van der Waals surface area contributed by atoms with E-state index < -0.39 is 5.97 Å². The lowest BCUT2D eigenvalue weighted by Gasteiger charge is -2.29. The molecule has 0 amide bonds. The van der Waals surface area contributed by atoms with Crippen molar-refractivity contribution >= 4 is 29.5 Å². The van der Waals surface area contributed by atoms with Crippen LogP contribution in [0.25, 0.3) is 0 Å². The van der Waals surface area contributed by atoms with Crippen molar-refractivity contribution < 1.29 is 9.90 Å². The highest BCUT2D eigenvalue weighted by Gasteiger charge is 2.29. The fourth-order valence-electron chi connectivity index (χ4n) is 2.29. The number of hydrogen-bond donors (Lipinski definition) is 1. The van der Waals surface area contributed by atoms with Gasteiger partial charge in [-0.2, -0.15) is 11.8 Å². The van der Waals surface area contributed by atoms with E-state index in [2.05, 4.69) is 16.9 Å². The molecule has 0 aromatic carbocycles. The van der Waals surface area contributed by atoms with Crippen molar-refractivity contribution in [2.45, 2.75) is 43.6 Å². The molecule has 1 aromatic heterocycles. The zero-order valence-electron chi connectivity index (χ0n) is 12.0. The first-order valence-corrected chi connectivity index (χ1v) is 8.97. The number of thioether (sulfide) groups is 2. The number of carbonyl (C=O) groups is 1. The van der Waals surface area contributed by atoms with Crippen LogP contribution in [0.15, 0.2) is 6.20 Å². The van der Waals surface area contributed by atoms with Gasteiger partial charge in [0, 0.05) is 23.0 Å². The Hall–Kier alpha value is -0.750. The highest BCUT2D eigenvalue weighted by Crippen LogP contribution is 2.43. The number of carboxylic acid groups (broad SMARTS) is 1. The van der Waals surface area contributed by atoms with Crippen molar-refractivity contribution in [2.24, 2.45) is 0 Å². The standard InChI is InChI=1S/C14H20N2O2S2/c1-4-10-12(20-6-5-19-10)13-15-7-9(14(17)18)11(16-13)8(2)3/h7-8,10,12H,4-6H2,1-3H3,(H,17,18). The van der Waals surface area contributed by atoms with Gasteiger partial charge in [-0.15, -0.1) is 11.8 Å². The summed E-state index contributed by atoms with van der Waals surface area (Å²) in [6.45, 7) is 6.13. The van der Waals surface area contributed by atoms with E-state index in [0.717, 1.165) is 18.0 Å². The molecule has 2 heterocycles. The van der Waals surface area contributed by atoms with Crippen molar-refractivity contribution in [2.75, 3.05) is 11.5 Å². The summed E-state index contributed by atoms with van der Waals surface area (Å²) in [7, 11) is 0. The molecule has 2 rings (SSSR count). The van der Waals surface area contributed by atoms with Crippen molar-refractivity contribution in [3.63, 3.8) is 0 Å². The van der Waals surface area contributed by atoms with E-state index in [9.17, 15) is 9.90 Å². The normalized spacial score (nSPS) is 23.0. The van der Waals surface area contributed by atoms with Crippen LogP contribution >= 0.6 is 23.5 Å². The quantitative estimate of drug-likeness (QED) is 0.916. The summed E-state index contributed by atoms with van der Waals surface area (Å²) >= 11 is 3.86. The molecule has 2 unspecified atom stereocenters. The van der Waals surface area contributed by atoms with Gasteiger partial charge >= 0.3 is 5.97 Å². The van der Waals surface area contributed by atoms with Crippen LogP contribution in [0.2, 0.25) is 0 Å². The third-order valence-corrected chi connectivity index (χ3v) is 6.56. The molecule has 0 aliphatic carbocycles. The molecular weight excluding hydrogens is 292 g/mol. The van der Waals surface area contributed by atoms with Gasteiger partial charge in [-0.25, -0.2) is 14.8 Å². The molecule has 0 spiro atoms. The lowest BCUT2D eigenvalue weighted by Crippen LogP contribution is -2.22. The van der Waals surface area contributed by atoms with Gasteiger partial charge in [0.1, 0.15) is 5.82 Å². The molecule has 1 aliphatic heterocycles. The maximum atomic E-state index is 11.2. The Bertz CT molecular complexity index is 494. The summed E-state index contributed by atoms with van der Waals surface area (Å²) in [5.74, 6) is 2.21. The summed E-state index contributed by atoms with van der Waals surface area (Å²) in [5.41, 5.74) is 0.874. The largest absolute Gasteiger partial charge is 0.478 e. The third-order valence-electron chi connectivity index (χ3n) is 3.32. The number of rotatable bonds is 4. The smallest absolute Gasteiger partial charge is 0.339 e. The fourth-order valence-corrected chi connectivity index (χ4v) is 5.29. The van der Waals surface area contributed by atoms with Gasteiger partial charge in [-0.05, 0) is 12.3 Å². The molecule has 1 aliphatic rings. The van der Waals surface area contributed by atoms with Crippen molar-refractivity contribution in [1.82, 2.24) is 9.97 Å². The summed E-state index contributed by atoms with van der Waals surface area (Å²) in [6, 6.07) is 0. The van der Waals surface area contributed by atoms with Crippen LogP contribution in [-0.2, 0) is 0 Å². The Morgan fingerprint density at radius 3 is 2.75 bits per heavy atom. The Morgan fingerprint density at radius 1 is 1.45 bits per heavy atom. The van der Waals surface area contributed by atoms with Gasteiger partial charge in [0.25, 0.3) is 0 Å². The Labute approximate surface area is 128 Å². The second-order valence-electron chi connectivity index (χ2n) is 5.10. The zero-order chi connectivity index (χ0) is 14.7. The molecule has 110 valence electrons. The van der Waals surface area contributed by atoms with E-state index in [0.29, 0.717) is 10.9 Å². The van der Waals surface area contributed by atoms with Crippen molar-refractivity contribution in [3.05, 3.63) is 23.3 Å². The number of carboxylic acids is 1. The molecule has 20 heavy (non-hydrogen) atoms. The minimum Gasteiger partial charge on any atom is -0.478 e. The van der Waals surface area contributed by atoms with Crippen LogP contribution in [0.3, 0.4) is 0 Å². The lowest BCUT2D eigenvalue weighted by molar-refractivity contribution is 0.0694. The van der Waals surface area contributed by atoms with Gasteiger partial charge in [-0.1, -0.05) is 20.8 Å². The van der Waals surface area contributed by atoms with Crippen molar-refractivity contribution in [1.29, 1.82) is 0 Å². The molecule has 0 saturated carbocycles. The molecule has 1 saturated heterocycles. The number of aromatic carboxylic acids is 1. The second-order valence-corrected chi connectivity index (χ2v) is 7.69. The number of hydrogen-bond acceptors (Lipinski definition) is 5. The lowest BCUT2D eigenvalue weighted by atomic mass is 10.0. The van der Waals surface area contributed by atoms with E-state index in [-0.39, 0.29) is 16.7 Å². The van der Waals surface area contributed by atoms with Gasteiger partial charge in [0.15, 0.2) is 0 Å². The summed E-state index contributed by atoms with van der Waals surface area (Å²) in [5, 5.41) is 10.0. The molecule has 1 aromatic rings. The van der Waals surface area contributed by atoms with Crippen LogP contribution in [0, 0.1) is 0 Å². The fraction of sp³-hybridized carbons (Fsp3) is 0.643. The first-order chi connectivity index (χ1) is 9.54. The highest BCUT2D eigenvalue weighted by atomic mass is 32.2. The van der Waals surface area contributed by atoms with E-state index in [1.807, 2.05) is 37.4 Å². The number of nitrogens with zero attached hydrogens (tertiary/aromatic N) is 2. The highest BCUT2D eigenvalue weighted by molar-refractivity contribution is 8.06. The first-order valence-electron chi connectivity index (χ1n) is 6.87. The van der Waals surface area contributed by atoms with Gasteiger partial charge in [-0.3, -0.25) is 0 Å². The van der Waals surface area contributed by atoms with Gasteiger partial charge in [0.2, 0.25) is 0 Å². The molecule has 2 atom stereocenters.